The van der Waals surface area contributed by atoms with Gasteiger partial charge in [-0.05, 0) is 49.0 Å². The third-order valence-electron chi connectivity index (χ3n) is 6.01. The maximum atomic E-state index is 12.8. The van der Waals surface area contributed by atoms with Gasteiger partial charge < -0.3 is 14.6 Å². The highest BCUT2D eigenvalue weighted by Crippen LogP contribution is 2.23. The van der Waals surface area contributed by atoms with E-state index >= 15 is 0 Å². The number of rotatable bonds is 18. The van der Waals surface area contributed by atoms with Crippen LogP contribution in [0.25, 0.3) is 6.08 Å². The van der Waals surface area contributed by atoms with E-state index in [-0.39, 0.29) is 23.1 Å². The summed E-state index contributed by atoms with van der Waals surface area (Å²) >= 11 is 1.61. The summed E-state index contributed by atoms with van der Waals surface area (Å²) in [6.45, 7) is 10.3. The Morgan fingerprint density at radius 1 is 0.861 bits per heavy atom. The van der Waals surface area contributed by atoms with Crippen molar-refractivity contribution in [1.29, 1.82) is 0 Å². The number of hydrogen-bond acceptors (Lipinski definition) is 6. The van der Waals surface area contributed by atoms with E-state index in [1.54, 1.807) is 24.8 Å². The maximum absolute atomic E-state index is 12.8. The van der Waals surface area contributed by atoms with Crippen LogP contribution in [0.4, 0.5) is 0 Å². The van der Waals surface area contributed by atoms with Gasteiger partial charge in [0.1, 0.15) is 0 Å². The fraction of sp³-hybridized carbons (Fsp3) is 0.621. The predicted octanol–water partition coefficient (Wildman–Crippen LogP) is 6.77. The van der Waals surface area contributed by atoms with Gasteiger partial charge in [-0.15, -0.1) is 11.8 Å². The second-order valence-corrected chi connectivity index (χ2v) is 11.6. The van der Waals surface area contributed by atoms with Crippen molar-refractivity contribution >= 4 is 35.7 Å². The summed E-state index contributed by atoms with van der Waals surface area (Å²) in [5.41, 5.74) is 1.39. The Morgan fingerprint density at radius 3 is 1.97 bits per heavy atom. The first-order valence-electron chi connectivity index (χ1n) is 13.1. The average Bonchev–Trinajstić information content (AvgIpc) is 2.83. The molecule has 7 heteroatoms. The number of esters is 2. The van der Waals surface area contributed by atoms with E-state index in [0.717, 1.165) is 44.1 Å². The lowest BCUT2D eigenvalue weighted by atomic mass is 9.89. The van der Waals surface area contributed by atoms with Crippen molar-refractivity contribution < 1.29 is 29.0 Å². The number of ether oxygens (including phenoxy) is 2. The number of benzene rings is 1. The molecule has 36 heavy (non-hydrogen) atoms. The number of carbonyl (C=O) groups excluding carboxylic acids is 2. The molecule has 1 aromatic carbocycles. The fourth-order valence-corrected chi connectivity index (χ4v) is 4.64. The van der Waals surface area contributed by atoms with Crippen molar-refractivity contribution in [2.24, 2.45) is 11.8 Å². The van der Waals surface area contributed by atoms with Crippen molar-refractivity contribution in [1.82, 2.24) is 0 Å². The van der Waals surface area contributed by atoms with Crippen molar-refractivity contribution in [3.8, 4) is 0 Å². The van der Waals surface area contributed by atoms with Crippen LogP contribution >= 0.6 is 11.8 Å². The van der Waals surface area contributed by atoms with Crippen LogP contribution in [-0.2, 0) is 23.9 Å². The normalized spacial score (nSPS) is 14.2. The molecule has 0 bridgehead atoms. The number of aliphatic carboxylic acids is 1. The van der Waals surface area contributed by atoms with Crippen molar-refractivity contribution in [3.05, 3.63) is 41.5 Å². The summed E-state index contributed by atoms with van der Waals surface area (Å²) in [6.07, 6.45) is 7.83. The molecule has 0 saturated heterocycles. The third-order valence-corrected chi connectivity index (χ3v) is 7.16. The van der Waals surface area contributed by atoms with E-state index in [9.17, 15) is 19.5 Å². The topological polar surface area (TPSA) is 89.9 Å². The van der Waals surface area contributed by atoms with Crippen molar-refractivity contribution in [2.75, 3.05) is 13.2 Å². The highest BCUT2D eigenvalue weighted by Gasteiger charge is 2.23. The smallest absolute Gasteiger partial charge is 0.334 e. The van der Waals surface area contributed by atoms with Gasteiger partial charge in [-0.1, -0.05) is 83.7 Å². The second kappa shape index (κ2) is 18.0. The first-order valence-corrected chi connectivity index (χ1v) is 14.0. The Balaban J connectivity index is 2.33. The van der Waals surface area contributed by atoms with Crippen LogP contribution in [0, 0.1) is 11.8 Å². The average molecular weight is 521 g/mol. The van der Waals surface area contributed by atoms with Gasteiger partial charge in [0.25, 0.3) is 0 Å². The summed E-state index contributed by atoms with van der Waals surface area (Å²) in [6, 6.07) is 9.52. The standard InChI is InChI=1S/C29H44O6S/c1-21(2)36-24(5)28(32)34-17-13-8-6-7-9-14-18-35-29(33)26(19-22(3)23(4)27(30)31)20-25-15-11-10-12-16-25/h10-12,15-16,20-24H,6-9,13-14,17-19H2,1-5H3,(H,30,31)/b26-20+. The van der Waals surface area contributed by atoms with E-state index in [4.69, 9.17) is 9.47 Å². The third kappa shape index (κ3) is 13.7. The Hall–Kier alpha value is -2.28. The molecule has 202 valence electrons. The molecule has 0 amide bonds. The molecule has 3 unspecified atom stereocenters. The molecule has 1 N–H and O–H groups in total. The summed E-state index contributed by atoms with van der Waals surface area (Å²) < 4.78 is 10.9. The fourth-order valence-electron chi connectivity index (χ4n) is 3.64. The zero-order valence-electron chi connectivity index (χ0n) is 22.5. The monoisotopic (exact) mass is 520 g/mol. The molecule has 0 saturated carbocycles. The van der Waals surface area contributed by atoms with Gasteiger partial charge in [0.2, 0.25) is 0 Å². The minimum atomic E-state index is -0.868. The number of carboxylic acids is 1. The van der Waals surface area contributed by atoms with Gasteiger partial charge in [0.15, 0.2) is 0 Å². The SMILES string of the molecule is CC(C)SC(C)C(=O)OCCCCCCCCOC(=O)/C(=C/c1ccccc1)CC(C)C(C)C(=O)O. The van der Waals surface area contributed by atoms with Crippen LogP contribution in [0.1, 0.15) is 85.1 Å². The lowest BCUT2D eigenvalue weighted by Gasteiger charge is -2.17. The Labute approximate surface area is 221 Å². The second-order valence-electron chi connectivity index (χ2n) is 9.64. The van der Waals surface area contributed by atoms with Crippen LogP contribution in [0.2, 0.25) is 0 Å². The minimum absolute atomic E-state index is 0.125. The van der Waals surface area contributed by atoms with Crippen LogP contribution in [-0.4, -0.2) is 46.7 Å². The van der Waals surface area contributed by atoms with Gasteiger partial charge in [0.05, 0.1) is 24.4 Å². The minimum Gasteiger partial charge on any atom is -0.481 e. The molecule has 0 aliphatic rings. The summed E-state index contributed by atoms with van der Waals surface area (Å²) in [7, 11) is 0. The molecule has 0 fully saturated rings. The first-order chi connectivity index (χ1) is 17.1. The number of hydrogen-bond donors (Lipinski definition) is 1. The van der Waals surface area contributed by atoms with Crippen LogP contribution < -0.4 is 0 Å². The molecular weight excluding hydrogens is 476 g/mol. The highest BCUT2D eigenvalue weighted by molar-refractivity contribution is 8.01. The quantitative estimate of drug-likeness (QED) is 0.130. The van der Waals surface area contributed by atoms with Crippen LogP contribution in [0.5, 0.6) is 0 Å². The number of carboxylic acid groups (broad SMARTS) is 1. The highest BCUT2D eigenvalue weighted by atomic mass is 32.2. The Morgan fingerprint density at radius 2 is 1.42 bits per heavy atom. The summed E-state index contributed by atoms with van der Waals surface area (Å²) in [5.74, 6) is -2.13. The van der Waals surface area contributed by atoms with Gasteiger partial charge in [-0.3, -0.25) is 9.59 Å². The molecule has 0 aliphatic carbocycles. The molecule has 6 nitrogen and oxygen atoms in total. The van der Waals surface area contributed by atoms with Gasteiger partial charge >= 0.3 is 17.9 Å². The van der Waals surface area contributed by atoms with Gasteiger partial charge in [-0.2, -0.15) is 0 Å². The van der Waals surface area contributed by atoms with Crippen molar-refractivity contribution in [3.63, 3.8) is 0 Å². The van der Waals surface area contributed by atoms with Gasteiger partial charge in [-0.25, -0.2) is 4.79 Å². The largest absolute Gasteiger partial charge is 0.481 e. The Bertz CT molecular complexity index is 820. The number of unbranched alkanes of at least 4 members (excludes halogenated alkanes) is 5. The number of carbonyl (C=O) groups is 3. The van der Waals surface area contributed by atoms with E-state index in [1.165, 1.54) is 0 Å². The lowest BCUT2D eigenvalue weighted by molar-refractivity contribution is -0.144. The van der Waals surface area contributed by atoms with Crippen LogP contribution in [0.15, 0.2) is 35.9 Å². The molecule has 0 radical (unpaired) electrons. The van der Waals surface area contributed by atoms with Crippen molar-refractivity contribution in [2.45, 2.75) is 90.1 Å². The molecule has 1 rings (SSSR count). The summed E-state index contributed by atoms with van der Waals surface area (Å²) in [5, 5.41) is 9.58. The first kappa shape index (κ1) is 31.7. The molecule has 0 spiro atoms. The predicted molar refractivity (Wildman–Crippen MR) is 147 cm³/mol. The Kier molecular flexibility index (Phi) is 15.9. The molecule has 0 aromatic heterocycles. The molecular formula is C29H44O6S. The molecule has 1 aromatic rings. The number of thioether (sulfide) groups is 1. The molecule has 3 atom stereocenters. The van der Waals surface area contributed by atoms with E-state index in [0.29, 0.717) is 30.5 Å². The molecule has 0 heterocycles. The van der Waals surface area contributed by atoms with E-state index in [1.807, 2.05) is 44.2 Å². The maximum Gasteiger partial charge on any atom is 0.334 e. The zero-order chi connectivity index (χ0) is 26.9. The summed E-state index contributed by atoms with van der Waals surface area (Å²) in [4.78, 5) is 36.0. The molecule has 0 aliphatic heterocycles. The van der Waals surface area contributed by atoms with Crippen LogP contribution in [0.3, 0.4) is 0 Å². The van der Waals surface area contributed by atoms with Gasteiger partial charge in [0, 0.05) is 5.57 Å². The zero-order valence-corrected chi connectivity index (χ0v) is 23.4. The van der Waals surface area contributed by atoms with E-state index < -0.39 is 11.9 Å². The lowest BCUT2D eigenvalue weighted by Crippen LogP contribution is -2.21. The van der Waals surface area contributed by atoms with E-state index in [2.05, 4.69) is 13.8 Å².